The molecule has 18 heavy (non-hydrogen) atoms. The topological polar surface area (TPSA) is 189 Å². The van der Waals surface area contributed by atoms with Crippen molar-refractivity contribution < 1.29 is 65.5 Å². The Morgan fingerprint density at radius 1 is 0.556 bits per heavy atom. The number of aliphatic carboxylic acids is 4. The second kappa shape index (κ2) is 29.6. The van der Waals surface area contributed by atoms with Crippen molar-refractivity contribution in [3.8, 4) is 0 Å². The van der Waals surface area contributed by atoms with E-state index < -0.39 is 23.9 Å². The third-order valence-electron chi connectivity index (χ3n) is 0. The van der Waals surface area contributed by atoms with Gasteiger partial charge in [0.25, 0.3) is 0 Å². The Hall–Kier alpha value is -1.50. The van der Waals surface area contributed by atoms with E-state index in [1.165, 1.54) is 0 Å². The minimum atomic E-state index is -1.08. The average molecular weight is 359 g/mol. The summed E-state index contributed by atoms with van der Waals surface area (Å²) < 4.78 is 0. The van der Waals surface area contributed by atoms with Gasteiger partial charge in [-0.1, -0.05) is 0 Å². The molecule has 9 nitrogen and oxygen atoms in total. The Bertz CT molecular complexity index is 163. The van der Waals surface area contributed by atoms with Crippen molar-refractivity contribution in [1.82, 2.24) is 0 Å². The van der Waals surface area contributed by atoms with Gasteiger partial charge >= 0.3 is 25.9 Å². The molecule has 0 bridgehead atoms. The molecule has 0 fully saturated rings. The summed E-state index contributed by atoms with van der Waals surface area (Å²) >= 11 is 0. The zero-order valence-electron chi connectivity index (χ0n) is 9.99. The maximum absolute atomic E-state index is 8.89. The van der Waals surface area contributed by atoms with Crippen molar-refractivity contribution >= 4 is 23.9 Å². The van der Waals surface area contributed by atoms with Crippen LogP contribution in [0.4, 0.5) is 0 Å². The number of carbonyl (C=O) groups is 4. The Morgan fingerprint density at radius 2 is 0.556 bits per heavy atom. The summed E-state index contributed by atoms with van der Waals surface area (Å²) in [6.45, 7) is 3.89. The van der Waals surface area contributed by atoms with Crippen LogP contribution in [-0.2, 0) is 45.1 Å². The van der Waals surface area contributed by atoms with E-state index in [2.05, 4.69) is 0 Å². The standard InChI is InChI=1S/4C2H4O2.O.Pd/c4*1-2(3)4;;/h4*1H3,(H,3,4);;/q;;;;2*+2/p-4. The molecule has 4 radical (unpaired) electrons. The summed E-state index contributed by atoms with van der Waals surface area (Å²) in [5.74, 6) is -4.33. The molecule has 0 aliphatic carbocycles. The fourth-order valence-corrected chi connectivity index (χ4v) is 0. The van der Waals surface area contributed by atoms with Gasteiger partial charge in [0.15, 0.2) is 0 Å². The van der Waals surface area contributed by atoms with Crippen LogP contribution in [0.1, 0.15) is 27.7 Å². The minimum absolute atomic E-state index is 0. The van der Waals surface area contributed by atoms with Crippen molar-refractivity contribution in [2.24, 2.45) is 0 Å². The molecule has 0 unspecified atom stereocenters. The first-order valence-corrected chi connectivity index (χ1v) is 3.63. The fraction of sp³-hybridized carbons (Fsp3) is 0.500. The van der Waals surface area contributed by atoms with E-state index in [9.17, 15) is 0 Å². The molecule has 0 aromatic heterocycles. The molecule has 0 atom stereocenters. The van der Waals surface area contributed by atoms with Crippen molar-refractivity contribution in [2.45, 2.75) is 27.7 Å². The molecule has 0 heterocycles. The van der Waals surface area contributed by atoms with E-state index in [-0.39, 0.29) is 25.9 Å². The fourth-order valence-electron chi connectivity index (χ4n) is 0. The van der Waals surface area contributed by atoms with Gasteiger partial charge in [-0.2, -0.15) is 0 Å². The summed E-state index contributed by atoms with van der Waals surface area (Å²) in [6, 6.07) is 0. The van der Waals surface area contributed by atoms with Gasteiger partial charge in [-0.3, -0.25) is 0 Å². The van der Waals surface area contributed by atoms with E-state index in [1.54, 1.807) is 0 Å². The zero-order valence-corrected chi connectivity index (χ0v) is 11.5. The van der Waals surface area contributed by atoms with Gasteiger partial charge in [0.05, 0.1) is 0 Å². The third-order valence-corrected chi connectivity index (χ3v) is 0. The molecule has 0 saturated heterocycles. The maximum Gasteiger partial charge on any atom is 2.00 e. The largest absolute Gasteiger partial charge is 2.00 e. The van der Waals surface area contributed by atoms with Crippen LogP contribution in [0.5, 0.6) is 0 Å². The van der Waals surface area contributed by atoms with Crippen LogP contribution >= 0.6 is 0 Å². The van der Waals surface area contributed by atoms with Gasteiger partial charge in [0.2, 0.25) is 0 Å². The maximum atomic E-state index is 8.89. The average Bonchev–Trinajstić information content (AvgIpc) is 1.76. The molecular formula is C8H12O9Pd. The Balaban J connectivity index is -0.0000000257. The first-order valence-electron chi connectivity index (χ1n) is 3.63. The van der Waals surface area contributed by atoms with E-state index in [0.717, 1.165) is 27.7 Å². The molecule has 0 aliphatic heterocycles. The van der Waals surface area contributed by atoms with Crippen LogP contribution in [0.2, 0.25) is 0 Å². The van der Waals surface area contributed by atoms with E-state index in [4.69, 9.17) is 39.6 Å². The molecule has 0 aliphatic rings. The quantitative estimate of drug-likeness (QED) is 0.384. The summed E-state index contributed by atoms with van der Waals surface area (Å²) in [6.07, 6.45) is 0. The van der Waals surface area contributed by atoms with Gasteiger partial charge in [0.1, 0.15) is 0 Å². The molecule has 0 saturated carbocycles. The molecular weight excluding hydrogens is 346 g/mol. The molecule has 0 spiro atoms. The second-order valence-electron chi connectivity index (χ2n) is 1.97. The second-order valence-corrected chi connectivity index (χ2v) is 1.97. The molecule has 0 aromatic rings. The van der Waals surface area contributed by atoms with Crippen LogP contribution in [-0.4, -0.2) is 23.9 Å². The third kappa shape index (κ3) is 1180. The number of hydrogen-bond donors (Lipinski definition) is 0. The number of carboxylic acid groups (broad SMARTS) is 4. The predicted molar refractivity (Wildman–Crippen MR) is 43.4 cm³/mol. The van der Waals surface area contributed by atoms with Gasteiger partial charge in [-0.25, -0.2) is 0 Å². The smallest absolute Gasteiger partial charge is 0.550 e. The minimum Gasteiger partial charge on any atom is -0.550 e. The summed E-state index contributed by atoms with van der Waals surface area (Å²) in [5.41, 5.74) is 0. The van der Waals surface area contributed by atoms with Gasteiger partial charge in [0, 0.05) is 23.9 Å². The molecule has 0 amide bonds. The predicted octanol–water partition coefficient (Wildman–Crippen LogP) is -5.10. The summed E-state index contributed by atoms with van der Waals surface area (Å²) in [7, 11) is 0. The number of hydrogen-bond acceptors (Lipinski definition) is 8. The Labute approximate surface area is 117 Å². The number of carboxylic acids is 4. The van der Waals surface area contributed by atoms with Crippen LogP contribution in [0.3, 0.4) is 0 Å². The van der Waals surface area contributed by atoms with Crippen molar-refractivity contribution in [3.63, 3.8) is 0 Å². The van der Waals surface area contributed by atoms with Crippen molar-refractivity contribution in [1.29, 1.82) is 0 Å². The summed E-state index contributed by atoms with van der Waals surface area (Å²) in [5, 5.41) is 35.6. The molecule has 0 aromatic carbocycles. The number of rotatable bonds is 0. The number of carbonyl (C=O) groups excluding carboxylic acids is 4. The Morgan fingerprint density at radius 3 is 0.556 bits per heavy atom. The van der Waals surface area contributed by atoms with Crippen LogP contribution in [0.25, 0.3) is 0 Å². The van der Waals surface area contributed by atoms with E-state index in [1.807, 2.05) is 0 Å². The zero-order chi connectivity index (χ0) is 14.3. The molecule has 0 rings (SSSR count). The van der Waals surface area contributed by atoms with Crippen molar-refractivity contribution in [2.75, 3.05) is 0 Å². The van der Waals surface area contributed by atoms with Crippen LogP contribution < -0.4 is 20.4 Å². The molecule has 108 valence electrons. The van der Waals surface area contributed by atoms with Crippen LogP contribution in [0.15, 0.2) is 0 Å². The SMILES string of the molecule is CC(=O)[O-].CC(=O)[O-].CC(=O)[O-].CC(=O)[O-].[O+2].[Pd+2]. The van der Waals surface area contributed by atoms with Crippen LogP contribution in [0, 0.1) is 0 Å². The normalized spacial score (nSPS) is 5.56. The summed E-state index contributed by atoms with van der Waals surface area (Å²) in [4.78, 5) is 35.6. The van der Waals surface area contributed by atoms with Gasteiger partial charge in [-0.05, 0) is 27.7 Å². The van der Waals surface area contributed by atoms with E-state index in [0.29, 0.717) is 0 Å². The Kier molecular flexibility index (Phi) is 59.0. The first-order chi connectivity index (χ1) is 6.93. The molecule has 10 heteroatoms. The first kappa shape index (κ1) is 36.0. The monoisotopic (exact) mass is 358 g/mol. The van der Waals surface area contributed by atoms with Crippen molar-refractivity contribution in [3.05, 3.63) is 0 Å². The van der Waals surface area contributed by atoms with Gasteiger partial charge < -0.3 is 39.6 Å². The van der Waals surface area contributed by atoms with Gasteiger partial charge in [-0.15, -0.1) is 0 Å². The van der Waals surface area contributed by atoms with E-state index >= 15 is 0 Å². The molecule has 0 N–H and O–H groups in total.